The van der Waals surface area contributed by atoms with E-state index in [0.717, 1.165) is 18.4 Å². The molecule has 0 saturated heterocycles. The van der Waals surface area contributed by atoms with Crippen LogP contribution in [0.15, 0.2) is 16.8 Å². The van der Waals surface area contributed by atoms with E-state index < -0.39 is 5.60 Å². The maximum Gasteiger partial charge on any atom is 0.220 e. The Labute approximate surface area is 100 Å². The lowest BCUT2D eigenvalue weighted by molar-refractivity contribution is -0.122. The van der Waals surface area contributed by atoms with Crippen LogP contribution in [-0.4, -0.2) is 17.6 Å². The summed E-state index contributed by atoms with van der Waals surface area (Å²) in [6.45, 7) is 4.04. The van der Waals surface area contributed by atoms with Crippen LogP contribution in [-0.2, 0) is 10.4 Å². The van der Waals surface area contributed by atoms with Crippen molar-refractivity contribution in [2.24, 2.45) is 0 Å². The largest absolute Gasteiger partial charge is 0.384 e. The summed E-state index contributed by atoms with van der Waals surface area (Å²) in [7, 11) is 0. The van der Waals surface area contributed by atoms with Gasteiger partial charge in [-0.1, -0.05) is 13.3 Å². The normalized spacial score (nSPS) is 14.4. The van der Waals surface area contributed by atoms with Crippen molar-refractivity contribution < 1.29 is 9.90 Å². The molecule has 0 spiro atoms. The Bertz CT molecular complexity index is 320. The number of aliphatic hydroxyl groups is 1. The Morgan fingerprint density at radius 1 is 1.62 bits per heavy atom. The van der Waals surface area contributed by atoms with Gasteiger partial charge < -0.3 is 10.4 Å². The molecule has 4 heteroatoms. The molecule has 1 aromatic rings. The highest BCUT2D eigenvalue weighted by Gasteiger charge is 2.23. The lowest BCUT2D eigenvalue weighted by Gasteiger charge is -2.22. The number of rotatable bonds is 6. The number of carbonyl (C=O) groups is 1. The third kappa shape index (κ3) is 3.94. The molecule has 1 rings (SSSR count). The number of hydrogen-bond acceptors (Lipinski definition) is 3. The lowest BCUT2D eigenvalue weighted by atomic mass is 9.99. The number of hydrogen-bond donors (Lipinski definition) is 2. The fraction of sp³-hybridized carbons (Fsp3) is 0.583. The summed E-state index contributed by atoms with van der Waals surface area (Å²) in [5, 5.41) is 16.7. The molecule has 1 atom stereocenters. The number of amides is 1. The summed E-state index contributed by atoms with van der Waals surface area (Å²) in [5.74, 6) is 0.0114. The van der Waals surface area contributed by atoms with Crippen molar-refractivity contribution in [2.45, 2.75) is 38.7 Å². The summed E-state index contributed by atoms with van der Waals surface area (Å²) < 4.78 is 0. The van der Waals surface area contributed by atoms with Crippen LogP contribution < -0.4 is 5.32 Å². The van der Waals surface area contributed by atoms with Crippen LogP contribution >= 0.6 is 11.3 Å². The molecule has 1 heterocycles. The highest BCUT2D eigenvalue weighted by molar-refractivity contribution is 7.08. The molecule has 0 radical (unpaired) electrons. The molecule has 0 aliphatic heterocycles. The van der Waals surface area contributed by atoms with Gasteiger partial charge in [-0.3, -0.25) is 4.79 Å². The molecular weight excluding hydrogens is 222 g/mol. The average Bonchev–Trinajstić information content (AvgIpc) is 2.77. The van der Waals surface area contributed by atoms with Gasteiger partial charge in [-0.2, -0.15) is 11.3 Å². The van der Waals surface area contributed by atoms with Crippen LogP contribution in [0.3, 0.4) is 0 Å². The minimum Gasteiger partial charge on any atom is -0.384 e. The van der Waals surface area contributed by atoms with E-state index in [9.17, 15) is 9.90 Å². The van der Waals surface area contributed by atoms with Crippen LogP contribution in [0.5, 0.6) is 0 Å². The molecule has 0 saturated carbocycles. The molecule has 1 amide bonds. The Morgan fingerprint density at radius 3 is 2.94 bits per heavy atom. The maximum atomic E-state index is 11.4. The van der Waals surface area contributed by atoms with E-state index in [0.29, 0.717) is 6.42 Å². The third-order valence-electron chi connectivity index (χ3n) is 2.53. The van der Waals surface area contributed by atoms with Gasteiger partial charge in [0.05, 0.1) is 6.54 Å². The van der Waals surface area contributed by atoms with Gasteiger partial charge in [0.25, 0.3) is 0 Å². The van der Waals surface area contributed by atoms with Crippen LogP contribution in [0, 0.1) is 0 Å². The molecule has 0 aliphatic carbocycles. The van der Waals surface area contributed by atoms with Crippen molar-refractivity contribution in [3.63, 3.8) is 0 Å². The Hall–Kier alpha value is -0.870. The summed E-state index contributed by atoms with van der Waals surface area (Å²) in [5.41, 5.74) is -0.115. The van der Waals surface area contributed by atoms with Crippen molar-refractivity contribution in [1.29, 1.82) is 0 Å². The first-order valence-corrected chi connectivity index (χ1v) is 6.52. The van der Waals surface area contributed by atoms with E-state index in [1.54, 1.807) is 18.3 Å². The van der Waals surface area contributed by atoms with Gasteiger partial charge in [0.15, 0.2) is 0 Å². The molecule has 0 aliphatic rings. The van der Waals surface area contributed by atoms with Crippen molar-refractivity contribution in [3.05, 3.63) is 22.4 Å². The second-order valence-corrected chi connectivity index (χ2v) is 4.95. The first-order chi connectivity index (χ1) is 7.56. The molecule has 0 fully saturated rings. The monoisotopic (exact) mass is 241 g/mol. The average molecular weight is 241 g/mol. The Kier molecular flexibility index (Phi) is 4.96. The van der Waals surface area contributed by atoms with E-state index in [1.165, 1.54) is 0 Å². The van der Waals surface area contributed by atoms with Crippen molar-refractivity contribution >= 4 is 17.2 Å². The Balaban J connectivity index is 2.39. The molecule has 16 heavy (non-hydrogen) atoms. The zero-order valence-electron chi connectivity index (χ0n) is 9.82. The van der Waals surface area contributed by atoms with Gasteiger partial charge in [-0.05, 0) is 35.7 Å². The highest BCUT2D eigenvalue weighted by Crippen LogP contribution is 2.21. The second-order valence-electron chi connectivity index (χ2n) is 4.17. The highest BCUT2D eigenvalue weighted by atomic mass is 32.1. The molecule has 1 unspecified atom stereocenters. The SMILES string of the molecule is CCCCC(=O)NCC(C)(O)c1ccsc1. The van der Waals surface area contributed by atoms with Crippen molar-refractivity contribution in [3.8, 4) is 0 Å². The number of carbonyl (C=O) groups excluding carboxylic acids is 1. The van der Waals surface area contributed by atoms with Gasteiger partial charge in [-0.15, -0.1) is 0 Å². The fourth-order valence-corrected chi connectivity index (χ4v) is 2.15. The van der Waals surface area contributed by atoms with E-state index >= 15 is 0 Å². The summed E-state index contributed by atoms with van der Waals surface area (Å²) in [6.07, 6.45) is 2.44. The smallest absolute Gasteiger partial charge is 0.220 e. The lowest BCUT2D eigenvalue weighted by Crippen LogP contribution is -2.38. The number of thiophene rings is 1. The Morgan fingerprint density at radius 2 is 2.38 bits per heavy atom. The predicted octanol–water partition coefficient (Wildman–Crippen LogP) is 2.26. The van der Waals surface area contributed by atoms with Crippen molar-refractivity contribution in [1.82, 2.24) is 5.32 Å². The fourth-order valence-electron chi connectivity index (χ4n) is 1.37. The quantitative estimate of drug-likeness (QED) is 0.802. The van der Waals surface area contributed by atoms with Gasteiger partial charge >= 0.3 is 0 Å². The topological polar surface area (TPSA) is 49.3 Å². The van der Waals surface area contributed by atoms with Gasteiger partial charge in [0.2, 0.25) is 5.91 Å². The maximum absolute atomic E-state index is 11.4. The molecule has 90 valence electrons. The number of unbranched alkanes of at least 4 members (excludes halogenated alkanes) is 1. The number of nitrogens with one attached hydrogen (secondary N) is 1. The summed E-state index contributed by atoms with van der Waals surface area (Å²) >= 11 is 1.54. The van der Waals surface area contributed by atoms with Gasteiger partial charge in [-0.25, -0.2) is 0 Å². The third-order valence-corrected chi connectivity index (χ3v) is 3.21. The minimum atomic E-state index is -0.970. The first-order valence-electron chi connectivity index (χ1n) is 5.58. The van der Waals surface area contributed by atoms with Crippen LogP contribution in [0.25, 0.3) is 0 Å². The van der Waals surface area contributed by atoms with Crippen molar-refractivity contribution in [2.75, 3.05) is 6.54 Å². The minimum absolute atomic E-state index is 0.0114. The molecule has 2 N–H and O–H groups in total. The van der Waals surface area contributed by atoms with Gasteiger partial charge in [0, 0.05) is 6.42 Å². The zero-order chi connectivity index (χ0) is 12.0. The van der Waals surface area contributed by atoms with Gasteiger partial charge in [0.1, 0.15) is 5.60 Å². The first kappa shape index (κ1) is 13.2. The van der Waals surface area contributed by atoms with E-state index in [4.69, 9.17) is 0 Å². The van der Waals surface area contributed by atoms with E-state index in [1.807, 2.05) is 16.8 Å². The van der Waals surface area contributed by atoms with E-state index in [2.05, 4.69) is 12.2 Å². The molecule has 3 nitrogen and oxygen atoms in total. The standard InChI is InChI=1S/C12H19NO2S/c1-3-4-5-11(14)13-9-12(2,15)10-6-7-16-8-10/h6-8,15H,3-5,9H2,1-2H3,(H,13,14). The molecule has 1 aromatic heterocycles. The predicted molar refractivity (Wildman–Crippen MR) is 66.4 cm³/mol. The van der Waals surface area contributed by atoms with Crippen LogP contribution in [0.4, 0.5) is 0 Å². The summed E-state index contributed by atoms with van der Waals surface area (Å²) in [4.78, 5) is 11.4. The van der Waals surface area contributed by atoms with Crippen LogP contribution in [0.2, 0.25) is 0 Å². The van der Waals surface area contributed by atoms with E-state index in [-0.39, 0.29) is 12.5 Å². The summed E-state index contributed by atoms with van der Waals surface area (Å²) in [6, 6.07) is 1.88. The zero-order valence-corrected chi connectivity index (χ0v) is 10.6. The second kappa shape index (κ2) is 6.01. The molecule has 0 aromatic carbocycles. The molecule has 0 bridgehead atoms. The molecular formula is C12H19NO2S. The van der Waals surface area contributed by atoms with Crippen LogP contribution in [0.1, 0.15) is 38.7 Å².